The van der Waals surface area contributed by atoms with Crippen LogP contribution in [0.4, 0.5) is 20.2 Å². The summed E-state index contributed by atoms with van der Waals surface area (Å²) in [6.45, 7) is 4.16. The van der Waals surface area contributed by atoms with Gasteiger partial charge in [-0.1, -0.05) is 0 Å². The summed E-state index contributed by atoms with van der Waals surface area (Å²) in [6.07, 6.45) is 4.45. The number of sulfone groups is 1. The SMILES string of the molecule is CC(C)n1cc(C(=O)O)c(=O)n(-c2ccc(F)cc2)c1=O.Nc1ccc(Oc2cc(N3CCS(=O)(=O)CC3)cn3nccc23)c(F)c1. The monoisotopic (exact) mass is 668 g/mol. The molecule has 0 saturated carbocycles. The van der Waals surface area contributed by atoms with Crippen LogP contribution in [0.15, 0.2) is 82.8 Å². The molecule has 13 nitrogen and oxygen atoms in total. The summed E-state index contributed by atoms with van der Waals surface area (Å²) in [5.74, 6) is -1.81. The Morgan fingerprint density at radius 3 is 2.26 bits per heavy atom. The maximum Gasteiger partial charge on any atom is 0.342 e. The number of fused-ring (bicyclic) bond motifs is 1. The normalized spacial score (nSPS) is 14.1. The van der Waals surface area contributed by atoms with E-state index in [4.69, 9.17) is 15.6 Å². The van der Waals surface area contributed by atoms with Crippen LogP contribution in [0.2, 0.25) is 0 Å². The Hall–Kier alpha value is -5.51. The summed E-state index contributed by atoms with van der Waals surface area (Å²) < 4.78 is 59.6. The first-order valence-corrected chi connectivity index (χ1v) is 16.1. The Labute approximate surface area is 266 Å². The molecule has 4 heterocycles. The molecule has 0 radical (unpaired) electrons. The van der Waals surface area contributed by atoms with Crippen molar-refractivity contribution in [1.29, 1.82) is 0 Å². The fraction of sp³-hybridized carbons (Fsp3) is 0.226. The smallest absolute Gasteiger partial charge is 0.342 e. The third-order valence-electron chi connectivity index (χ3n) is 7.33. The molecular formula is C31H30F2N6O7S. The summed E-state index contributed by atoms with van der Waals surface area (Å²) in [5, 5.41) is 13.3. The Bertz CT molecular complexity index is 2180. The second-order valence-corrected chi connectivity index (χ2v) is 13.2. The molecule has 0 aliphatic carbocycles. The summed E-state index contributed by atoms with van der Waals surface area (Å²) in [7, 11) is -2.98. The van der Waals surface area contributed by atoms with Gasteiger partial charge in [-0.2, -0.15) is 5.10 Å². The molecule has 47 heavy (non-hydrogen) atoms. The summed E-state index contributed by atoms with van der Waals surface area (Å²) in [4.78, 5) is 37.6. The number of hydrogen-bond acceptors (Lipinski definition) is 9. The van der Waals surface area contributed by atoms with E-state index in [-0.39, 0.29) is 29.0 Å². The van der Waals surface area contributed by atoms with Crippen molar-refractivity contribution in [1.82, 2.24) is 18.7 Å². The highest BCUT2D eigenvalue weighted by molar-refractivity contribution is 7.91. The number of nitrogens with zero attached hydrogens (tertiary/aromatic N) is 5. The van der Waals surface area contributed by atoms with Gasteiger partial charge in [-0.3, -0.25) is 9.36 Å². The summed E-state index contributed by atoms with van der Waals surface area (Å²) >= 11 is 0. The van der Waals surface area contributed by atoms with E-state index in [0.29, 0.717) is 30.0 Å². The van der Waals surface area contributed by atoms with Crippen molar-refractivity contribution >= 4 is 32.7 Å². The molecule has 1 saturated heterocycles. The average Bonchev–Trinajstić information content (AvgIpc) is 3.49. The van der Waals surface area contributed by atoms with Crippen LogP contribution in [-0.4, -0.2) is 62.8 Å². The van der Waals surface area contributed by atoms with E-state index in [1.165, 1.54) is 24.3 Å². The molecule has 3 aromatic heterocycles. The molecule has 1 aliphatic rings. The minimum Gasteiger partial charge on any atom is -0.477 e. The molecule has 0 atom stereocenters. The number of anilines is 2. The largest absolute Gasteiger partial charge is 0.477 e. The Morgan fingerprint density at radius 2 is 1.64 bits per heavy atom. The molecule has 1 fully saturated rings. The molecule has 0 amide bonds. The number of hydrogen-bond donors (Lipinski definition) is 2. The van der Waals surface area contributed by atoms with E-state index in [1.54, 1.807) is 49.0 Å². The lowest BCUT2D eigenvalue weighted by Crippen LogP contribution is -2.41. The number of rotatable bonds is 6. The minimum atomic E-state index is -2.98. The molecule has 2 aromatic carbocycles. The number of carbonyl (C=O) groups is 1. The highest BCUT2D eigenvalue weighted by Crippen LogP contribution is 2.33. The van der Waals surface area contributed by atoms with Crippen molar-refractivity contribution in [2.75, 3.05) is 35.2 Å². The second-order valence-electron chi connectivity index (χ2n) is 10.9. The highest BCUT2D eigenvalue weighted by atomic mass is 32.2. The summed E-state index contributed by atoms with van der Waals surface area (Å²) in [6, 6.07) is 12.1. The molecule has 6 rings (SSSR count). The molecule has 0 spiro atoms. The van der Waals surface area contributed by atoms with Crippen LogP contribution in [0.25, 0.3) is 11.2 Å². The first-order chi connectivity index (χ1) is 22.2. The number of benzene rings is 2. The molecular weight excluding hydrogens is 638 g/mol. The number of carboxylic acids is 1. The van der Waals surface area contributed by atoms with Crippen molar-refractivity contribution in [3.63, 3.8) is 0 Å². The Morgan fingerprint density at radius 1 is 0.957 bits per heavy atom. The first-order valence-electron chi connectivity index (χ1n) is 14.3. The number of pyridine rings is 1. The average molecular weight is 669 g/mol. The molecule has 3 N–H and O–H groups in total. The van der Waals surface area contributed by atoms with E-state index >= 15 is 0 Å². The van der Waals surface area contributed by atoms with E-state index in [2.05, 4.69) is 5.10 Å². The zero-order chi connectivity index (χ0) is 34.0. The third-order valence-corrected chi connectivity index (χ3v) is 8.94. The molecule has 0 bridgehead atoms. The van der Waals surface area contributed by atoms with Gasteiger partial charge in [0.05, 0.1) is 35.3 Å². The molecule has 16 heteroatoms. The molecule has 1 aliphatic heterocycles. The zero-order valence-electron chi connectivity index (χ0n) is 25.2. The standard InChI is InChI=1S/C17H17FN4O3S.C14H13FN2O4/c18-14-9-12(19)1-2-16(14)25-17-10-13(11-22-15(17)3-4-20-22)21-5-7-26(23,24)8-6-21;1-8(2)16-7-11(13(19)20)12(18)17(14(16)21)10-5-3-9(15)4-6-10/h1-4,9-11H,5-8,19H2;3-8H,1-2H3,(H,19,20). The van der Waals surface area contributed by atoms with Crippen LogP contribution in [0, 0.1) is 11.6 Å². The van der Waals surface area contributed by atoms with Crippen LogP contribution < -0.4 is 26.6 Å². The van der Waals surface area contributed by atoms with Crippen molar-refractivity contribution < 1.29 is 31.8 Å². The van der Waals surface area contributed by atoms with Gasteiger partial charge in [0.25, 0.3) is 5.56 Å². The van der Waals surface area contributed by atoms with Gasteiger partial charge < -0.3 is 20.5 Å². The maximum absolute atomic E-state index is 14.1. The van der Waals surface area contributed by atoms with Gasteiger partial charge in [0.1, 0.15) is 16.9 Å². The number of carboxylic acid groups (broad SMARTS) is 1. The zero-order valence-corrected chi connectivity index (χ0v) is 26.0. The van der Waals surface area contributed by atoms with Crippen molar-refractivity contribution in [3.05, 3.63) is 111 Å². The highest BCUT2D eigenvalue weighted by Gasteiger charge is 2.23. The number of aromatic carboxylic acids is 1. The lowest BCUT2D eigenvalue weighted by Gasteiger charge is -2.29. The van der Waals surface area contributed by atoms with Crippen LogP contribution in [0.3, 0.4) is 0 Å². The Balaban J connectivity index is 0.000000189. The van der Waals surface area contributed by atoms with E-state index in [1.807, 2.05) is 4.90 Å². The predicted molar refractivity (Wildman–Crippen MR) is 171 cm³/mol. The molecule has 246 valence electrons. The van der Waals surface area contributed by atoms with E-state index in [0.717, 1.165) is 33.2 Å². The number of nitrogens with two attached hydrogens (primary N) is 1. The molecule has 0 unspecified atom stereocenters. The number of halogens is 2. The topological polar surface area (TPSA) is 171 Å². The van der Waals surface area contributed by atoms with Gasteiger partial charge in [-0.15, -0.1) is 0 Å². The van der Waals surface area contributed by atoms with Crippen molar-refractivity contribution in [2.24, 2.45) is 0 Å². The third kappa shape index (κ3) is 7.17. The van der Waals surface area contributed by atoms with Crippen LogP contribution in [0.5, 0.6) is 11.5 Å². The lowest BCUT2D eigenvalue weighted by molar-refractivity contribution is 0.0693. The van der Waals surface area contributed by atoms with Gasteiger partial charge in [-0.25, -0.2) is 35.9 Å². The van der Waals surface area contributed by atoms with Crippen molar-refractivity contribution in [2.45, 2.75) is 19.9 Å². The van der Waals surface area contributed by atoms with Gasteiger partial charge in [0.15, 0.2) is 27.2 Å². The number of nitrogen functional groups attached to an aromatic ring is 1. The van der Waals surface area contributed by atoms with E-state index < -0.39 is 44.3 Å². The van der Waals surface area contributed by atoms with Crippen molar-refractivity contribution in [3.8, 4) is 17.2 Å². The van der Waals surface area contributed by atoms with Gasteiger partial charge in [0.2, 0.25) is 0 Å². The van der Waals surface area contributed by atoms with Gasteiger partial charge >= 0.3 is 11.7 Å². The number of ether oxygens (including phenoxy) is 1. The predicted octanol–water partition coefficient (Wildman–Crippen LogP) is 3.50. The fourth-order valence-electron chi connectivity index (χ4n) is 4.83. The van der Waals surface area contributed by atoms with E-state index in [9.17, 15) is 31.6 Å². The first kappa shape index (κ1) is 32.9. The fourth-order valence-corrected chi connectivity index (χ4v) is 6.03. The second kappa shape index (κ2) is 13.1. The molecule has 5 aromatic rings. The van der Waals surface area contributed by atoms with Gasteiger partial charge in [0, 0.05) is 43.1 Å². The lowest BCUT2D eigenvalue weighted by atomic mass is 10.2. The quantitative estimate of drug-likeness (QED) is 0.255. The van der Waals surface area contributed by atoms with Crippen LogP contribution in [-0.2, 0) is 9.84 Å². The summed E-state index contributed by atoms with van der Waals surface area (Å²) in [5.41, 5.74) is 5.30. The maximum atomic E-state index is 14.1. The van der Waals surface area contributed by atoms with Crippen LogP contribution in [0.1, 0.15) is 30.2 Å². The van der Waals surface area contributed by atoms with Crippen LogP contribution >= 0.6 is 0 Å². The number of aromatic nitrogens is 4. The minimum absolute atomic E-state index is 0.0562. The van der Waals surface area contributed by atoms with Gasteiger partial charge in [-0.05, 0) is 56.3 Å². The Kier molecular flexibility index (Phi) is 9.15.